The fourth-order valence-electron chi connectivity index (χ4n) is 2.02. The Morgan fingerprint density at radius 1 is 1.15 bits per heavy atom. The number of aromatic carboxylic acids is 1. The highest BCUT2D eigenvalue weighted by atomic mass is 19.2. The normalized spacial score (nSPS) is 15.9. The number of carbonyl (C=O) groups is 2. The van der Waals surface area contributed by atoms with Crippen LogP contribution < -0.4 is 5.32 Å². The standard InChI is InChI=1S/C13H13F2NO4/c14-10-5-8(9(13(18)19)6-11(10)15)12(17)16-7-1-3-20-4-2-7/h5-7H,1-4H2,(H,16,17)(H,18,19). The van der Waals surface area contributed by atoms with Gasteiger partial charge in [-0.05, 0) is 25.0 Å². The van der Waals surface area contributed by atoms with E-state index in [1.54, 1.807) is 0 Å². The predicted molar refractivity (Wildman–Crippen MR) is 64.6 cm³/mol. The van der Waals surface area contributed by atoms with Gasteiger partial charge in [0.1, 0.15) is 0 Å². The first-order valence-electron chi connectivity index (χ1n) is 6.10. The van der Waals surface area contributed by atoms with Gasteiger partial charge in [-0.25, -0.2) is 13.6 Å². The lowest BCUT2D eigenvalue weighted by Crippen LogP contribution is -2.39. The number of hydrogen-bond acceptors (Lipinski definition) is 3. The summed E-state index contributed by atoms with van der Waals surface area (Å²) >= 11 is 0. The largest absolute Gasteiger partial charge is 0.478 e. The van der Waals surface area contributed by atoms with E-state index in [1.807, 2.05) is 0 Å². The first-order chi connectivity index (χ1) is 9.49. The maximum atomic E-state index is 13.2. The third-order valence-corrected chi connectivity index (χ3v) is 3.09. The Morgan fingerprint density at radius 2 is 1.70 bits per heavy atom. The zero-order valence-electron chi connectivity index (χ0n) is 10.5. The Balaban J connectivity index is 2.23. The maximum Gasteiger partial charge on any atom is 0.336 e. The second-order valence-corrected chi connectivity index (χ2v) is 4.48. The van der Waals surface area contributed by atoms with Crippen LogP contribution in [0, 0.1) is 11.6 Å². The lowest BCUT2D eigenvalue weighted by Gasteiger charge is -2.23. The average Bonchev–Trinajstić information content (AvgIpc) is 2.42. The van der Waals surface area contributed by atoms with Crippen LogP contribution >= 0.6 is 0 Å². The van der Waals surface area contributed by atoms with Crippen molar-refractivity contribution in [1.82, 2.24) is 5.32 Å². The van der Waals surface area contributed by atoms with Crippen LogP contribution in [-0.4, -0.2) is 36.2 Å². The molecule has 0 aliphatic carbocycles. The van der Waals surface area contributed by atoms with E-state index >= 15 is 0 Å². The van der Waals surface area contributed by atoms with Gasteiger partial charge in [-0.3, -0.25) is 4.79 Å². The molecule has 2 rings (SSSR count). The molecule has 1 heterocycles. The van der Waals surface area contributed by atoms with Gasteiger partial charge in [0.2, 0.25) is 0 Å². The highest BCUT2D eigenvalue weighted by molar-refractivity contribution is 6.04. The first kappa shape index (κ1) is 14.4. The molecule has 0 spiro atoms. The lowest BCUT2D eigenvalue weighted by molar-refractivity contribution is 0.0666. The molecule has 0 atom stereocenters. The van der Waals surface area contributed by atoms with E-state index in [-0.39, 0.29) is 11.6 Å². The summed E-state index contributed by atoms with van der Waals surface area (Å²) in [6, 6.07) is 0.954. The molecule has 2 N–H and O–H groups in total. The van der Waals surface area contributed by atoms with Crippen molar-refractivity contribution >= 4 is 11.9 Å². The SMILES string of the molecule is O=C(O)c1cc(F)c(F)cc1C(=O)NC1CCOCC1. The molecule has 1 fully saturated rings. The van der Waals surface area contributed by atoms with Gasteiger partial charge in [0.05, 0.1) is 11.1 Å². The first-order valence-corrected chi connectivity index (χ1v) is 6.10. The fourth-order valence-corrected chi connectivity index (χ4v) is 2.02. The summed E-state index contributed by atoms with van der Waals surface area (Å²) in [4.78, 5) is 23.0. The van der Waals surface area contributed by atoms with Crippen molar-refractivity contribution < 1.29 is 28.2 Å². The molecular weight excluding hydrogens is 272 g/mol. The van der Waals surface area contributed by atoms with E-state index in [1.165, 1.54) is 0 Å². The molecule has 1 aromatic carbocycles. The molecule has 0 unspecified atom stereocenters. The average molecular weight is 285 g/mol. The molecule has 5 nitrogen and oxygen atoms in total. The molecule has 0 bridgehead atoms. The Kier molecular flexibility index (Phi) is 4.29. The molecule has 1 aromatic rings. The number of amides is 1. The van der Waals surface area contributed by atoms with Crippen molar-refractivity contribution in [2.45, 2.75) is 18.9 Å². The van der Waals surface area contributed by atoms with Crippen LogP contribution in [-0.2, 0) is 4.74 Å². The number of hydrogen-bond donors (Lipinski definition) is 2. The van der Waals surface area contributed by atoms with E-state index in [2.05, 4.69) is 5.32 Å². The second kappa shape index (κ2) is 5.96. The van der Waals surface area contributed by atoms with Crippen molar-refractivity contribution in [3.8, 4) is 0 Å². The van der Waals surface area contributed by atoms with Gasteiger partial charge >= 0.3 is 5.97 Å². The highest BCUT2D eigenvalue weighted by Gasteiger charge is 2.23. The topological polar surface area (TPSA) is 75.6 Å². The predicted octanol–water partition coefficient (Wildman–Crippen LogP) is 1.57. The van der Waals surface area contributed by atoms with E-state index in [4.69, 9.17) is 9.84 Å². The molecule has 108 valence electrons. The van der Waals surface area contributed by atoms with Crippen molar-refractivity contribution in [3.05, 3.63) is 34.9 Å². The van der Waals surface area contributed by atoms with Gasteiger partial charge in [0, 0.05) is 19.3 Å². The molecule has 7 heteroatoms. The minimum atomic E-state index is -1.49. The second-order valence-electron chi connectivity index (χ2n) is 4.48. The molecule has 0 radical (unpaired) electrons. The molecule has 1 aliphatic rings. The third-order valence-electron chi connectivity index (χ3n) is 3.09. The monoisotopic (exact) mass is 285 g/mol. The van der Waals surface area contributed by atoms with Gasteiger partial charge in [0.25, 0.3) is 5.91 Å². The number of nitrogens with one attached hydrogen (secondary N) is 1. The fraction of sp³-hybridized carbons (Fsp3) is 0.385. The van der Waals surface area contributed by atoms with Gasteiger partial charge in [-0.15, -0.1) is 0 Å². The number of benzene rings is 1. The quantitative estimate of drug-likeness (QED) is 0.884. The van der Waals surface area contributed by atoms with E-state index in [9.17, 15) is 18.4 Å². The number of rotatable bonds is 3. The number of carboxylic acid groups (broad SMARTS) is 1. The van der Waals surface area contributed by atoms with Crippen LogP contribution in [0.3, 0.4) is 0 Å². The van der Waals surface area contributed by atoms with E-state index < -0.39 is 29.1 Å². The summed E-state index contributed by atoms with van der Waals surface area (Å²) in [5.41, 5.74) is -0.948. The van der Waals surface area contributed by atoms with Crippen LogP contribution in [0.1, 0.15) is 33.6 Å². The minimum absolute atomic E-state index is 0.161. The molecule has 1 saturated heterocycles. The van der Waals surface area contributed by atoms with Gasteiger partial charge in [-0.1, -0.05) is 0 Å². The van der Waals surface area contributed by atoms with Crippen molar-refractivity contribution in [3.63, 3.8) is 0 Å². The maximum absolute atomic E-state index is 13.2. The summed E-state index contributed by atoms with van der Waals surface area (Å²) in [7, 11) is 0. The number of carbonyl (C=O) groups excluding carboxylic acids is 1. The molecular formula is C13H13F2NO4. The van der Waals surface area contributed by atoms with E-state index in [0.29, 0.717) is 38.2 Å². The number of halogens is 2. The van der Waals surface area contributed by atoms with Crippen LogP contribution in [0.4, 0.5) is 8.78 Å². The van der Waals surface area contributed by atoms with E-state index in [0.717, 1.165) is 0 Å². The summed E-state index contributed by atoms with van der Waals surface area (Å²) in [6.45, 7) is 0.989. The smallest absolute Gasteiger partial charge is 0.336 e. The van der Waals surface area contributed by atoms with Crippen molar-refractivity contribution in [2.24, 2.45) is 0 Å². The Labute approximate surface area is 113 Å². The summed E-state index contributed by atoms with van der Waals surface area (Å²) in [5, 5.41) is 11.6. The minimum Gasteiger partial charge on any atom is -0.478 e. The molecule has 1 amide bonds. The van der Waals surface area contributed by atoms with Gasteiger partial charge < -0.3 is 15.2 Å². The Hall–Kier alpha value is -2.02. The Morgan fingerprint density at radius 3 is 2.25 bits per heavy atom. The van der Waals surface area contributed by atoms with Gasteiger partial charge in [-0.2, -0.15) is 0 Å². The van der Waals surface area contributed by atoms with Crippen LogP contribution in [0.5, 0.6) is 0 Å². The number of ether oxygens (including phenoxy) is 1. The van der Waals surface area contributed by atoms with Crippen molar-refractivity contribution in [1.29, 1.82) is 0 Å². The zero-order chi connectivity index (χ0) is 14.7. The van der Waals surface area contributed by atoms with Crippen molar-refractivity contribution in [2.75, 3.05) is 13.2 Å². The lowest BCUT2D eigenvalue weighted by atomic mass is 10.0. The molecule has 0 aromatic heterocycles. The molecule has 0 saturated carbocycles. The van der Waals surface area contributed by atoms with Crippen LogP contribution in [0.25, 0.3) is 0 Å². The zero-order valence-corrected chi connectivity index (χ0v) is 10.5. The molecule has 20 heavy (non-hydrogen) atoms. The Bertz CT molecular complexity index is 541. The summed E-state index contributed by atoms with van der Waals surface area (Å²) < 4.78 is 31.4. The van der Waals surface area contributed by atoms with Gasteiger partial charge in [0.15, 0.2) is 11.6 Å². The highest BCUT2D eigenvalue weighted by Crippen LogP contribution is 2.16. The summed E-state index contributed by atoms with van der Waals surface area (Å²) in [6.07, 6.45) is 1.19. The number of carboxylic acids is 1. The van der Waals surface area contributed by atoms with Crippen LogP contribution in [0.15, 0.2) is 12.1 Å². The molecule has 1 aliphatic heterocycles. The summed E-state index contributed by atoms with van der Waals surface area (Å²) in [5.74, 6) is -4.77. The van der Waals surface area contributed by atoms with Crippen LogP contribution in [0.2, 0.25) is 0 Å². The third kappa shape index (κ3) is 3.11.